The first-order valence-corrected chi connectivity index (χ1v) is 7.13. The number of carboxylic acid groups (broad SMARTS) is 3. The van der Waals surface area contributed by atoms with Crippen LogP contribution in [0.1, 0.15) is 32.6 Å². The Morgan fingerprint density at radius 1 is 1.00 bits per heavy atom. The second-order valence-electron chi connectivity index (χ2n) is 5.55. The predicted molar refractivity (Wildman–Crippen MR) is 73.6 cm³/mol. The van der Waals surface area contributed by atoms with Crippen molar-refractivity contribution >= 4 is 23.9 Å². The van der Waals surface area contributed by atoms with Gasteiger partial charge in [-0.2, -0.15) is 0 Å². The molecule has 1 unspecified atom stereocenters. The van der Waals surface area contributed by atoms with Crippen LogP contribution in [0.4, 0.5) is 0 Å². The van der Waals surface area contributed by atoms with Crippen molar-refractivity contribution in [2.24, 2.45) is 11.8 Å². The van der Waals surface area contributed by atoms with Crippen molar-refractivity contribution in [3.8, 4) is 0 Å². The van der Waals surface area contributed by atoms with E-state index in [1.165, 1.54) is 6.92 Å². The number of carbonyl (C=O) groups is 4. The number of esters is 1. The van der Waals surface area contributed by atoms with E-state index in [1.807, 2.05) is 0 Å². The largest absolute Gasteiger partial charge is 0.481 e. The first-order valence-electron chi connectivity index (χ1n) is 7.13. The van der Waals surface area contributed by atoms with E-state index in [1.54, 1.807) is 0 Å². The number of ether oxygens (including phenoxy) is 2. The molecule has 1 fully saturated rings. The minimum atomic E-state index is -1.13. The van der Waals surface area contributed by atoms with E-state index < -0.39 is 47.9 Å². The molecule has 0 spiro atoms. The molecule has 0 saturated carbocycles. The van der Waals surface area contributed by atoms with Gasteiger partial charge in [-0.3, -0.25) is 19.2 Å². The summed E-state index contributed by atoms with van der Waals surface area (Å²) in [6.45, 7) is 0.942. The van der Waals surface area contributed by atoms with Crippen molar-refractivity contribution in [1.82, 2.24) is 0 Å². The van der Waals surface area contributed by atoms with E-state index in [2.05, 4.69) is 0 Å². The molecule has 0 amide bonds. The normalized spacial score (nSPS) is 27.2. The van der Waals surface area contributed by atoms with Gasteiger partial charge in [-0.25, -0.2) is 0 Å². The zero-order valence-electron chi connectivity index (χ0n) is 12.6. The molecule has 1 heterocycles. The van der Waals surface area contributed by atoms with Gasteiger partial charge >= 0.3 is 23.9 Å². The van der Waals surface area contributed by atoms with Crippen molar-refractivity contribution in [3.63, 3.8) is 0 Å². The Morgan fingerprint density at radius 3 is 2.04 bits per heavy atom. The molecule has 9 nitrogen and oxygen atoms in total. The number of carboxylic acids is 3. The van der Waals surface area contributed by atoms with E-state index in [-0.39, 0.29) is 32.3 Å². The molecule has 1 rings (SSSR count). The maximum absolute atomic E-state index is 11.0. The highest BCUT2D eigenvalue weighted by Crippen LogP contribution is 2.36. The van der Waals surface area contributed by atoms with Crippen LogP contribution in [0.2, 0.25) is 0 Å². The lowest BCUT2D eigenvalue weighted by Crippen LogP contribution is -2.46. The molecule has 1 aliphatic rings. The molecule has 0 bridgehead atoms. The van der Waals surface area contributed by atoms with Crippen molar-refractivity contribution in [1.29, 1.82) is 0 Å². The molecule has 130 valence electrons. The zero-order valence-corrected chi connectivity index (χ0v) is 12.6. The molecule has 0 radical (unpaired) electrons. The third-order valence-corrected chi connectivity index (χ3v) is 3.72. The summed E-state index contributed by atoms with van der Waals surface area (Å²) in [6.07, 6.45) is -2.43. The fourth-order valence-corrected chi connectivity index (χ4v) is 2.87. The average molecular weight is 332 g/mol. The number of hydrogen-bond donors (Lipinski definition) is 3. The highest BCUT2D eigenvalue weighted by molar-refractivity contribution is 5.69. The van der Waals surface area contributed by atoms with Gasteiger partial charge in [0.1, 0.15) is 6.61 Å². The summed E-state index contributed by atoms with van der Waals surface area (Å²) < 4.78 is 10.4. The first-order chi connectivity index (χ1) is 10.7. The summed E-state index contributed by atoms with van der Waals surface area (Å²) in [7, 11) is 0. The van der Waals surface area contributed by atoms with Crippen molar-refractivity contribution in [2.75, 3.05) is 6.61 Å². The minimum Gasteiger partial charge on any atom is -0.481 e. The van der Waals surface area contributed by atoms with Gasteiger partial charge in [0.2, 0.25) is 0 Å². The lowest BCUT2D eigenvalue weighted by molar-refractivity contribution is -0.173. The smallest absolute Gasteiger partial charge is 0.305 e. The summed E-state index contributed by atoms with van der Waals surface area (Å²) in [5.41, 5.74) is 0. The summed E-state index contributed by atoms with van der Waals surface area (Å²) in [6, 6.07) is 0. The molecule has 4 atom stereocenters. The molecule has 0 aromatic carbocycles. The number of hydrogen-bond acceptors (Lipinski definition) is 6. The van der Waals surface area contributed by atoms with Crippen molar-refractivity contribution in [2.45, 2.75) is 44.8 Å². The number of carbonyl (C=O) groups excluding carboxylic acids is 1. The van der Waals surface area contributed by atoms with Crippen LogP contribution < -0.4 is 0 Å². The molecule has 23 heavy (non-hydrogen) atoms. The third-order valence-electron chi connectivity index (χ3n) is 3.72. The monoisotopic (exact) mass is 332 g/mol. The second kappa shape index (κ2) is 8.47. The topological polar surface area (TPSA) is 147 Å². The minimum absolute atomic E-state index is 0.132. The van der Waals surface area contributed by atoms with Gasteiger partial charge in [0, 0.05) is 19.3 Å². The summed E-state index contributed by atoms with van der Waals surface area (Å²) in [4.78, 5) is 43.9. The lowest BCUT2D eigenvalue weighted by Gasteiger charge is -2.40. The van der Waals surface area contributed by atoms with Crippen LogP contribution in [0, 0.1) is 11.8 Å². The molecular weight excluding hydrogens is 312 g/mol. The fourth-order valence-electron chi connectivity index (χ4n) is 2.87. The molecular formula is C14H20O9. The first kappa shape index (κ1) is 18.9. The molecule has 0 aromatic rings. The van der Waals surface area contributed by atoms with E-state index in [0.717, 1.165) is 0 Å². The molecule has 0 aliphatic carbocycles. The third kappa shape index (κ3) is 6.64. The summed E-state index contributed by atoms with van der Waals surface area (Å²) >= 11 is 0. The standard InChI is InChI=1S/C14H20O9/c1-7(15)22-6-11-10(5-14(20)21)8(3-12(16)17)2-9(23-11)4-13(18)19/h8-11H,2-6H2,1H3,(H,16,17)(H,18,19)(H,20,21)/t8-,9?,10+,11+/m1/s1. The Bertz CT molecular complexity index is 473. The van der Waals surface area contributed by atoms with Crippen LogP contribution in [-0.4, -0.2) is 58.0 Å². The van der Waals surface area contributed by atoms with Crippen LogP contribution in [0.5, 0.6) is 0 Å². The Balaban J connectivity index is 2.94. The molecule has 0 aromatic heterocycles. The van der Waals surface area contributed by atoms with Crippen LogP contribution in [0.25, 0.3) is 0 Å². The maximum atomic E-state index is 11.0. The molecule has 1 saturated heterocycles. The van der Waals surface area contributed by atoms with E-state index in [4.69, 9.17) is 24.8 Å². The van der Waals surface area contributed by atoms with Gasteiger partial charge in [-0.1, -0.05) is 0 Å². The van der Waals surface area contributed by atoms with E-state index >= 15 is 0 Å². The predicted octanol–water partition coefficient (Wildman–Crippen LogP) is 0.364. The van der Waals surface area contributed by atoms with Crippen molar-refractivity contribution in [3.05, 3.63) is 0 Å². The molecule has 1 aliphatic heterocycles. The molecule has 3 N–H and O–H groups in total. The van der Waals surface area contributed by atoms with Crippen LogP contribution >= 0.6 is 0 Å². The molecule has 9 heteroatoms. The van der Waals surface area contributed by atoms with Gasteiger partial charge in [-0.05, 0) is 12.3 Å². The van der Waals surface area contributed by atoms with Gasteiger partial charge < -0.3 is 24.8 Å². The van der Waals surface area contributed by atoms with Gasteiger partial charge in [0.05, 0.1) is 25.0 Å². The van der Waals surface area contributed by atoms with Crippen LogP contribution in [0.3, 0.4) is 0 Å². The fraction of sp³-hybridized carbons (Fsp3) is 0.714. The van der Waals surface area contributed by atoms with Crippen LogP contribution in [-0.2, 0) is 28.7 Å². The zero-order chi connectivity index (χ0) is 17.6. The Hall–Kier alpha value is -2.16. The second-order valence-corrected chi connectivity index (χ2v) is 5.55. The van der Waals surface area contributed by atoms with Gasteiger partial charge in [0.25, 0.3) is 0 Å². The Morgan fingerprint density at radius 2 is 1.57 bits per heavy atom. The lowest BCUT2D eigenvalue weighted by atomic mass is 9.77. The summed E-state index contributed by atoms with van der Waals surface area (Å²) in [5.74, 6) is -5.16. The highest BCUT2D eigenvalue weighted by Gasteiger charge is 2.41. The quantitative estimate of drug-likeness (QED) is 0.536. The van der Waals surface area contributed by atoms with E-state index in [0.29, 0.717) is 0 Å². The maximum Gasteiger partial charge on any atom is 0.305 e. The van der Waals surface area contributed by atoms with Gasteiger partial charge in [0.15, 0.2) is 0 Å². The SMILES string of the molecule is CC(=O)OC[C@@H]1OC(CC(=O)O)C[C@H](CC(=O)O)[C@@H]1CC(=O)O. The highest BCUT2D eigenvalue weighted by atomic mass is 16.6. The van der Waals surface area contributed by atoms with E-state index in [9.17, 15) is 19.2 Å². The van der Waals surface area contributed by atoms with Gasteiger partial charge in [-0.15, -0.1) is 0 Å². The number of rotatable bonds is 8. The van der Waals surface area contributed by atoms with Crippen molar-refractivity contribution < 1.29 is 44.0 Å². The Labute approximate surface area is 132 Å². The summed E-state index contributed by atoms with van der Waals surface area (Å²) in [5, 5.41) is 26.9. The van der Waals surface area contributed by atoms with Crippen LogP contribution in [0.15, 0.2) is 0 Å². The number of aliphatic carboxylic acids is 3. The Kier molecular flexibility index (Phi) is 6.95. The average Bonchev–Trinajstić information content (AvgIpc) is 2.37.